The van der Waals surface area contributed by atoms with E-state index in [0.717, 1.165) is 6.54 Å². The topological polar surface area (TPSA) is 69.6 Å². The molecule has 104 valence electrons. The number of carbonyl (C=O) groups excluding carboxylic acids is 1. The number of carbonyl (C=O) groups is 2. The molecule has 1 amide bonds. The third-order valence-electron chi connectivity index (χ3n) is 3.80. The van der Waals surface area contributed by atoms with Crippen LogP contribution in [0.5, 0.6) is 0 Å². The van der Waals surface area contributed by atoms with Crippen LogP contribution in [0.3, 0.4) is 0 Å². The fourth-order valence-corrected chi connectivity index (χ4v) is 2.20. The van der Waals surface area contributed by atoms with Crippen LogP contribution in [0.15, 0.2) is 0 Å². The Labute approximate surface area is 109 Å². The van der Waals surface area contributed by atoms with Gasteiger partial charge in [0, 0.05) is 25.0 Å². The predicted octanol–water partition coefficient (Wildman–Crippen LogP) is 0.944. The molecule has 0 bridgehead atoms. The molecule has 1 aliphatic rings. The van der Waals surface area contributed by atoms with Gasteiger partial charge in [0.05, 0.1) is 5.92 Å². The molecule has 2 unspecified atom stereocenters. The second-order valence-electron chi connectivity index (χ2n) is 5.41. The molecule has 0 aliphatic heterocycles. The predicted molar refractivity (Wildman–Crippen MR) is 69.2 cm³/mol. The lowest BCUT2D eigenvalue weighted by atomic mass is 10.0. The average Bonchev–Trinajstić information content (AvgIpc) is 2.77. The van der Waals surface area contributed by atoms with E-state index in [1.54, 1.807) is 0 Å². The zero-order chi connectivity index (χ0) is 13.7. The SMILES string of the molecule is CC(C)N(C)CCNC(=O)C1CCC(C(=O)O)C1. The molecule has 2 atom stereocenters. The first kappa shape index (κ1) is 15.0. The van der Waals surface area contributed by atoms with Crippen molar-refractivity contribution in [2.75, 3.05) is 20.1 Å². The molecule has 1 saturated carbocycles. The van der Waals surface area contributed by atoms with E-state index in [0.29, 0.717) is 31.8 Å². The van der Waals surface area contributed by atoms with Crippen molar-refractivity contribution in [2.45, 2.75) is 39.2 Å². The minimum atomic E-state index is -0.773. The Morgan fingerprint density at radius 3 is 2.44 bits per heavy atom. The van der Waals surface area contributed by atoms with Gasteiger partial charge in [0.2, 0.25) is 5.91 Å². The monoisotopic (exact) mass is 256 g/mol. The van der Waals surface area contributed by atoms with E-state index in [2.05, 4.69) is 24.1 Å². The standard InChI is InChI=1S/C13H24N2O3/c1-9(2)15(3)7-6-14-12(16)10-4-5-11(8-10)13(17)18/h9-11H,4-8H2,1-3H3,(H,14,16)(H,17,18). The Hall–Kier alpha value is -1.10. The number of likely N-dealkylation sites (N-methyl/N-ethyl adjacent to an activating group) is 1. The van der Waals surface area contributed by atoms with E-state index in [9.17, 15) is 9.59 Å². The summed E-state index contributed by atoms with van der Waals surface area (Å²) in [6.07, 6.45) is 1.81. The van der Waals surface area contributed by atoms with Crippen LogP contribution in [0.25, 0.3) is 0 Å². The molecule has 1 fully saturated rings. The van der Waals surface area contributed by atoms with Gasteiger partial charge in [-0.3, -0.25) is 9.59 Å². The van der Waals surface area contributed by atoms with Gasteiger partial charge in [0.1, 0.15) is 0 Å². The van der Waals surface area contributed by atoms with Crippen molar-refractivity contribution in [1.82, 2.24) is 10.2 Å². The molecule has 0 saturated heterocycles. The normalized spacial score (nSPS) is 23.6. The van der Waals surface area contributed by atoms with Gasteiger partial charge in [-0.25, -0.2) is 0 Å². The van der Waals surface area contributed by atoms with Gasteiger partial charge >= 0.3 is 5.97 Å². The summed E-state index contributed by atoms with van der Waals surface area (Å²) >= 11 is 0. The average molecular weight is 256 g/mol. The van der Waals surface area contributed by atoms with E-state index < -0.39 is 5.97 Å². The minimum Gasteiger partial charge on any atom is -0.481 e. The Morgan fingerprint density at radius 1 is 1.33 bits per heavy atom. The second kappa shape index (κ2) is 6.73. The summed E-state index contributed by atoms with van der Waals surface area (Å²) in [5.41, 5.74) is 0. The summed E-state index contributed by atoms with van der Waals surface area (Å²) in [6.45, 7) is 5.66. The molecule has 5 nitrogen and oxygen atoms in total. The molecular weight excluding hydrogens is 232 g/mol. The maximum absolute atomic E-state index is 11.8. The first-order valence-corrected chi connectivity index (χ1v) is 6.62. The van der Waals surface area contributed by atoms with Gasteiger partial charge in [-0.15, -0.1) is 0 Å². The summed E-state index contributed by atoms with van der Waals surface area (Å²) in [4.78, 5) is 24.8. The zero-order valence-electron chi connectivity index (χ0n) is 11.5. The van der Waals surface area contributed by atoms with Crippen LogP contribution in [-0.2, 0) is 9.59 Å². The summed E-state index contributed by atoms with van der Waals surface area (Å²) in [7, 11) is 2.02. The highest BCUT2D eigenvalue weighted by Gasteiger charge is 2.33. The number of amides is 1. The van der Waals surface area contributed by atoms with Crippen LogP contribution in [0.2, 0.25) is 0 Å². The highest BCUT2D eigenvalue weighted by molar-refractivity contribution is 5.80. The van der Waals surface area contributed by atoms with Gasteiger partial charge in [0.15, 0.2) is 0 Å². The molecule has 1 rings (SSSR count). The van der Waals surface area contributed by atoms with Crippen molar-refractivity contribution >= 4 is 11.9 Å². The Bertz CT molecular complexity index is 305. The Kier molecular flexibility index (Phi) is 5.59. The second-order valence-corrected chi connectivity index (χ2v) is 5.41. The van der Waals surface area contributed by atoms with Crippen molar-refractivity contribution in [2.24, 2.45) is 11.8 Å². The maximum Gasteiger partial charge on any atom is 0.306 e. The molecule has 0 radical (unpaired) electrons. The van der Waals surface area contributed by atoms with E-state index in [-0.39, 0.29) is 17.7 Å². The van der Waals surface area contributed by atoms with Gasteiger partial charge in [0.25, 0.3) is 0 Å². The third-order valence-corrected chi connectivity index (χ3v) is 3.80. The fraction of sp³-hybridized carbons (Fsp3) is 0.846. The number of nitrogens with one attached hydrogen (secondary N) is 1. The lowest BCUT2D eigenvalue weighted by Gasteiger charge is -2.21. The largest absolute Gasteiger partial charge is 0.481 e. The first-order valence-electron chi connectivity index (χ1n) is 6.62. The summed E-state index contributed by atoms with van der Waals surface area (Å²) in [5.74, 6) is -1.21. The molecule has 0 aromatic carbocycles. The number of carboxylic acids is 1. The molecular formula is C13H24N2O3. The van der Waals surface area contributed by atoms with Crippen LogP contribution in [0, 0.1) is 11.8 Å². The Morgan fingerprint density at radius 2 is 1.94 bits per heavy atom. The fourth-order valence-electron chi connectivity index (χ4n) is 2.20. The van der Waals surface area contributed by atoms with E-state index >= 15 is 0 Å². The summed E-state index contributed by atoms with van der Waals surface area (Å²) in [6, 6.07) is 0.463. The molecule has 0 aromatic rings. The molecule has 2 N–H and O–H groups in total. The molecule has 1 aliphatic carbocycles. The molecule has 0 heterocycles. The molecule has 0 aromatic heterocycles. The maximum atomic E-state index is 11.8. The van der Waals surface area contributed by atoms with E-state index in [1.807, 2.05) is 7.05 Å². The molecule has 0 spiro atoms. The number of hydrogen-bond donors (Lipinski definition) is 2. The van der Waals surface area contributed by atoms with Gasteiger partial charge in [-0.1, -0.05) is 0 Å². The zero-order valence-corrected chi connectivity index (χ0v) is 11.5. The van der Waals surface area contributed by atoms with Gasteiger partial charge in [-0.2, -0.15) is 0 Å². The van der Waals surface area contributed by atoms with Crippen molar-refractivity contribution in [3.63, 3.8) is 0 Å². The number of hydrogen-bond acceptors (Lipinski definition) is 3. The summed E-state index contributed by atoms with van der Waals surface area (Å²) < 4.78 is 0. The van der Waals surface area contributed by atoms with Crippen LogP contribution in [0.1, 0.15) is 33.1 Å². The number of carboxylic acid groups (broad SMARTS) is 1. The highest BCUT2D eigenvalue weighted by atomic mass is 16.4. The Balaban J connectivity index is 2.24. The minimum absolute atomic E-state index is 0.0101. The molecule has 18 heavy (non-hydrogen) atoms. The van der Waals surface area contributed by atoms with E-state index in [1.165, 1.54) is 0 Å². The van der Waals surface area contributed by atoms with Crippen molar-refractivity contribution in [1.29, 1.82) is 0 Å². The summed E-state index contributed by atoms with van der Waals surface area (Å²) in [5, 5.41) is 11.8. The van der Waals surface area contributed by atoms with Gasteiger partial charge < -0.3 is 15.3 Å². The van der Waals surface area contributed by atoms with Crippen molar-refractivity contribution < 1.29 is 14.7 Å². The molecule has 5 heteroatoms. The highest BCUT2D eigenvalue weighted by Crippen LogP contribution is 2.30. The van der Waals surface area contributed by atoms with Crippen molar-refractivity contribution in [3.05, 3.63) is 0 Å². The van der Waals surface area contributed by atoms with Gasteiger partial charge in [-0.05, 0) is 40.2 Å². The lowest BCUT2D eigenvalue weighted by Crippen LogP contribution is -2.38. The first-order chi connectivity index (χ1) is 8.41. The number of aliphatic carboxylic acids is 1. The van der Waals surface area contributed by atoms with Crippen LogP contribution in [0.4, 0.5) is 0 Å². The third kappa shape index (κ3) is 4.29. The van der Waals surface area contributed by atoms with Crippen molar-refractivity contribution in [3.8, 4) is 0 Å². The van der Waals surface area contributed by atoms with Crippen LogP contribution >= 0.6 is 0 Å². The number of nitrogens with zero attached hydrogens (tertiary/aromatic N) is 1. The van der Waals surface area contributed by atoms with E-state index in [4.69, 9.17) is 5.11 Å². The lowest BCUT2D eigenvalue weighted by molar-refractivity contribution is -0.141. The number of rotatable bonds is 6. The smallest absolute Gasteiger partial charge is 0.306 e. The van der Waals surface area contributed by atoms with Crippen LogP contribution in [-0.4, -0.2) is 48.1 Å². The van der Waals surface area contributed by atoms with Crippen LogP contribution < -0.4 is 5.32 Å². The quantitative estimate of drug-likeness (QED) is 0.742.